The topological polar surface area (TPSA) is 96.7 Å². The molecular weight excluding hydrogens is 488 g/mol. The number of aliphatic hydroxyl groups is 1. The van der Waals surface area contributed by atoms with E-state index in [1.807, 2.05) is 53.3 Å². The Hall–Kier alpha value is -0.460. The van der Waals surface area contributed by atoms with Crippen molar-refractivity contribution in [1.29, 1.82) is 0 Å². The maximum Gasteiger partial charge on any atom is 0.203 e. The molecule has 0 spiro atoms. The van der Waals surface area contributed by atoms with Crippen molar-refractivity contribution >= 4 is 17.7 Å². The standard InChI is InChI=1S/C25H46N4S.3C2H6.CH4O/c1-23(2,30-16-28-22(26)29-27)15-18-9-11-20-19-10-8-17-7-5-6-13-24(17,3)21(19)12-14-25(18,20)4;4*1-2/h17-21H,5-16,27H2,1-4H3,(H3,26,28,29);3*1-2H3;2H,1H3. The highest BCUT2D eigenvalue weighted by molar-refractivity contribution is 8.00. The minimum absolute atomic E-state index is 0.227. The number of aliphatic imine (C=N–C) groups is 1. The van der Waals surface area contributed by atoms with Crippen LogP contribution in [-0.2, 0) is 0 Å². The Morgan fingerprint density at radius 3 is 2.08 bits per heavy atom. The van der Waals surface area contributed by atoms with Crippen molar-refractivity contribution < 1.29 is 5.11 Å². The number of hydrogen-bond acceptors (Lipinski definition) is 4. The minimum atomic E-state index is 0.227. The van der Waals surface area contributed by atoms with Crippen LogP contribution in [0.3, 0.4) is 0 Å². The van der Waals surface area contributed by atoms with Gasteiger partial charge < -0.3 is 10.8 Å². The molecule has 0 aromatic rings. The third kappa shape index (κ3) is 8.77. The van der Waals surface area contributed by atoms with Gasteiger partial charge in [-0.1, -0.05) is 82.1 Å². The van der Waals surface area contributed by atoms with Gasteiger partial charge in [0.2, 0.25) is 5.96 Å². The lowest BCUT2D eigenvalue weighted by molar-refractivity contribution is -0.111. The SMILES string of the molecule is CC.CC.CC.CC(C)(CC1CCC2C3CCC4CCCCC4(C)C3CCC12C)SC/N=C(/N)NN.CO. The third-order valence-electron chi connectivity index (χ3n) is 10.4. The minimum Gasteiger partial charge on any atom is -0.400 e. The number of guanidine groups is 1. The first-order chi connectivity index (χ1) is 18.2. The second kappa shape index (κ2) is 18.1. The predicted molar refractivity (Wildman–Crippen MR) is 172 cm³/mol. The molecule has 7 unspecified atom stereocenters. The van der Waals surface area contributed by atoms with Crippen LogP contribution in [0.15, 0.2) is 4.99 Å². The van der Waals surface area contributed by atoms with Crippen LogP contribution < -0.4 is 17.0 Å². The van der Waals surface area contributed by atoms with E-state index in [1.54, 1.807) is 0 Å². The number of hydrogen-bond donors (Lipinski definition) is 4. The molecule has 6 N–H and O–H groups in total. The van der Waals surface area contributed by atoms with Gasteiger partial charge in [0.15, 0.2) is 0 Å². The predicted octanol–water partition coefficient (Wildman–Crippen LogP) is 8.36. The lowest BCUT2D eigenvalue weighted by Gasteiger charge is -2.60. The van der Waals surface area contributed by atoms with Gasteiger partial charge in [-0.2, -0.15) is 0 Å². The summed E-state index contributed by atoms with van der Waals surface area (Å²) < 4.78 is 0.227. The Balaban J connectivity index is 0.00000157. The highest BCUT2D eigenvalue weighted by Gasteiger charge is 2.59. The molecule has 0 aromatic carbocycles. The average Bonchev–Trinajstić information content (AvgIpc) is 3.27. The summed E-state index contributed by atoms with van der Waals surface area (Å²) in [6.45, 7) is 22.2. The first kappa shape index (κ1) is 37.5. The quantitative estimate of drug-likeness (QED) is 0.118. The Kier molecular flexibility index (Phi) is 17.9. The van der Waals surface area contributed by atoms with Crippen molar-refractivity contribution in [2.75, 3.05) is 13.0 Å². The second-order valence-corrected chi connectivity index (χ2v) is 13.8. The zero-order chi connectivity index (χ0) is 29.6. The Labute approximate surface area is 242 Å². The van der Waals surface area contributed by atoms with E-state index < -0.39 is 0 Å². The molecule has 7 atom stereocenters. The van der Waals surface area contributed by atoms with Crippen LogP contribution in [0.1, 0.15) is 140 Å². The zero-order valence-corrected chi connectivity index (χ0v) is 28.1. The summed E-state index contributed by atoms with van der Waals surface area (Å²) in [5.41, 5.74) is 9.34. The molecule has 228 valence electrons. The molecule has 38 heavy (non-hydrogen) atoms. The summed E-state index contributed by atoms with van der Waals surface area (Å²) in [4.78, 5) is 4.32. The van der Waals surface area contributed by atoms with Crippen molar-refractivity contribution in [2.24, 2.45) is 57.0 Å². The number of thioether (sulfide) groups is 1. The lowest BCUT2D eigenvalue weighted by Crippen LogP contribution is -2.52. The smallest absolute Gasteiger partial charge is 0.203 e. The molecule has 0 bridgehead atoms. The van der Waals surface area contributed by atoms with E-state index in [0.29, 0.717) is 22.7 Å². The van der Waals surface area contributed by atoms with Gasteiger partial charge in [0.05, 0.1) is 5.88 Å². The third-order valence-corrected chi connectivity index (χ3v) is 11.6. The summed E-state index contributed by atoms with van der Waals surface area (Å²) >= 11 is 1.92. The van der Waals surface area contributed by atoms with Gasteiger partial charge in [-0.3, -0.25) is 5.43 Å². The average molecular weight is 557 g/mol. The Morgan fingerprint density at radius 1 is 0.868 bits per heavy atom. The summed E-state index contributed by atoms with van der Waals surface area (Å²) in [5, 5.41) is 7.00. The number of nitrogens with zero attached hydrogens (tertiary/aromatic N) is 1. The van der Waals surface area contributed by atoms with Gasteiger partial charge in [0.25, 0.3) is 0 Å². The highest BCUT2D eigenvalue weighted by atomic mass is 32.2. The van der Waals surface area contributed by atoms with Crippen LogP contribution in [-0.4, -0.2) is 28.8 Å². The molecule has 4 fully saturated rings. The largest absolute Gasteiger partial charge is 0.400 e. The van der Waals surface area contributed by atoms with Crippen LogP contribution >= 0.6 is 11.8 Å². The van der Waals surface area contributed by atoms with Crippen LogP contribution in [0.4, 0.5) is 0 Å². The van der Waals surface area contributed by atoms with Crippen LogP contribution in [0, 0.1) is 40.4 Å². The number of nitrogens with one attached hydrogen (secondary N) is 1. The molecule has 0 heterocycles. The van der Waals surface area contributed by atoms with E-state index >= 15 is 0 Å². The van der Waals surface area contributed by atoms with Crippen LogP contribution in [0.5, 0.6) is 0 Å². The molecule has 0 radical (unpaired) electrons. The molecule has 4 aliphatic rings. The van der Waals surface area contributed by atoms with E-state index in [-0.39, 0.29) is 4.75 Å². The van der Waals surface area contributed by atoms with Gasteiger partial charge >= 0.3 is 0 Å². The van der Waals surface area contributed by atoms with Gasteiger partial charge in [-0.05, 0) is 98.2 Å². The van der Waals surface area contributed by atoms with Gasteiger partial charge in [0, 0.05) is 11.9 Å². The number of rotatable bonds is 5. The molecule has 4 saturated carbocycles. The monoisotopic (exact) mass is 557 g/mol. The first-order valence-electron chi connectivity index (χ1n) is 16.0. The molecule has 0 aromatic heterocycles. The summed E-state index contributed by atoms with van der Waals surface area (Å²) in [7, 11) is 1.00. The Morgan fingerprint density at radius 2 is 1.47 bits per heavy atom. The van der Waals surface area contributed by atoms with E-state index in [2.05, 4.69) is 38.1 Å². The van der Waals surface area contributed by atoms with Crippen molar-refractivity contribution in [3.05, 3.63) is 0 Å². The maximum absolute atomic E-state index is 7.00. The van der Waals surface area contributed by atoms with Crippen LogP contribution in [0.2, 0.25) is 0 Å². The number of nitrogens with two attached hydrogens (primary N) is 2. The van der Waals surface area contributed by atoms with Gasteiger partial charge in [0.1, 0.15) is 0 Å². The number of fused-ring (bicyclic) bond motifs is 5. The fraction of sp³-hybridized carbons (Fsp3) is 0.969. The maximum atomic E-state index is 7.00. The number of aliphatic hydroxyl groups excluding tert-OH is 1. The molecule has 4 rings (SSSR count). The molecule has 0 aliphatic heterocycles. The molecule has 4 aliphatic carbocycles. The summed E-state index contributed by atoms with van der Waals surface area (Å²) in [5.74, 6) is 11.2. The van der Waals surface area contributed by atoms with Crippen LogP contribution in [0.25, 0.3) is 0 Å². The summed E-state index contributed by atoms with van der Waals surface area (Å²) in [6.07, 6.45) is 16.2. The van der Waals surface area contributed by atoms with Gasteiger partial charge in [-0.25, -0.2) is 10.8 Å². The highest BCUT2D eigenvalue weighted by Crippen LogP contribution is 2.68. The lowest BCUT2D eigenvalue weighted by atomic mass is 9.45. The fourth-order valence-electron chi connectivity index (χ4n) is 8.71. The molecule has 0 amide bonds. The van der Waals surface area contributed by atoms with E-state index in [1.165, 1.54) is 70.6 Å². The number of hydrazine groups is 1. The molecule has 6 heteroatoms. The molecule has 0 saturated heterocycles. The zero-order valence-electron chi connectivity index (χ0n) is 27.3. The normalized spacial score (nSPS) is 35.5. The fourth-order valence-corrected chi connectivity index (χ4v) is 9.59. The van der Waals surface area contributed by atoms with Gasteiger partial charge in [-0.15, -0.1) is 11.8 Å². The second-order valence-electron chi connectivity index (χ2n) is 12.1. The summed E-state index contributed by atoms with van der Waals surface area (Å²) in [6, 6.07) is 0. The molecule has 5 nitrogen and oxygen atoms in total. The van der Waals surface area contributed by atoms with E-state index in [4.69, 9.17) is 16.7 Å². The molecular formula is C32H68N4OS. The van der Waals surface area contributed by atoms with E-state index in [9.17, 15) is 0 Å². The van der Waals surface area contributed by atoms with Crippen molar-refractivity contribution in [1.82, 2.24) is 5.43 Å². The Bertz CT molecular complexity index is 657. The van der Waals surface area contributed by atoms with E-state index in [0.717, 1.165) is 36.7 Å². The van der Waals surface area contributed by atoms with Crippen molar-refractivity contribution in [2.45, 2.75) is 145 Å². The van der Waals surface area contributed by atoms with Crippen molar-refractivity contribution in [3.63, 3.8) is 0 Å². The first-order valence-corrected chi connectivity index (χ1v) is 17.0. The van der Waals surface area contributed by atoms with Crippen molar-refractivity contribution in [3.8, 4) is 0 Å².